The van der Waals surface area contributed by atoms with Crippen LogP contribution in [0, 0.1) is 5.92 Å². The summed E-state index contributed by atoms with van der Waals surface area (Å²) in [6.45, 7) is 4.33. The number of ketones is 1. The Hall–Kier alpha value is -0.900. The molecule has 1 aliphatic heterocycles. The number of carbonyl (C=O) groups is 2. The van der Waals surface area contributed by atoms with Gasteiger partial charge in [-0.3, -0.25) is 9.59 Å². The fourth-order valence-corrected chi connectivity index (χ4v) is 3.02. The summed E-state index contributed by atoms with van der Waals surface area (Å²) in [5.41, 5.74) is 0.0906. The fraction of sp³-hybridized carbons (Fsp3) is 0.857. The van der Waals surface area contributed by atoms with Gasteiger partial charge in [-0.2, -0.15) is 0 Å². The molecule has 0 radical (unpaired) electrons. The van der Waals surface area contributed by atoms with Crippen molar-refractivity contribution in [1.29, 1.82) is 0 Å². The van der Waals surface area contributed by atoms with Gasteiger partial charge >= 0.3 is 0 Å². The zero-order valence-corrected chi connectivity index (χ0v) is 11.7. The van der Waals surface area contributed by atoms with Crippen LogP contribution >= 0.6 is 0 Å². The van der Waals surface area contributed by atoms with Gasteiger partial charge in [0.05, 0.1) is 6.04 Å². The molecule has 2 fully saturated rings. The van der Waals surface area contributed by atoms with E-state index in [1.165, 1.54) is 0 Å². The molecule has 0 aromatic carbocycles. The van der Waals surface area contributed by atoms with Crippen LogP contribution in [0.15, 0.2) is 0 Å². The zero-order chi connectivity index (χ0) is 13.3. The van der Waals surface area contributed by atoms with Crippen LogP contribution in [0.3, 0.4) is 0 Å². The second-order valence-corrected chi connectivity index (χ2v) is 5.94. The lowest BCUT2D eigenvalue weighted by Crippen LogP contribution is -2.57. The van der Waals surface area contributed by atoms with E-state index in [2.05, 4.69) is 5.32 Å². The quantitative estimate of drug-likeness (QED) is 0.768. The number of likely N-dealkylation sites (N-methyl/N-ethyl adjacent to an activating group) is 1. The number of likely N-dealkylation sites (tertiary alicyclic amines) is 1. The first kappa shape index (κ1) is 13.5. The summed E-state index contributed by atoms with van der Waals surface area (Å²) < 4.78 is 0. The summed E-state index contributed by atoms with van der Waals surface area (Å²) in [5, 5.41) is 3.37. The SMILES string of the molecule is CNC1(C2CCCCN2C(=O)C(=O)C(C)C)CC1. The molecule has 4 nitrogen and oxygen atoms in total. The van der Waals surface area contributed by atoms with Crippen LogP contribution in [0.2, 0.25) is 0 Å². The number of rotatable bonds is 4. The standard InChI is InChI=1S/C14H24N2O2/c1-10(2)12(17)13(18)16-9-5-4-6-11(16)14(15-3)7-8-14/h10-11,15H,4-9H2,1-3H3. The lowest BCUT2D eigenvalue weighted by Gasteiger charge is -2.40. The Labute approximate surface area is 109 Å². The highest BCUT2D eigenvalue weighted by molar-refractivity contribution is 6.36. The second kappa shape index (κ2) is 5.00. The van der Waals surface area contributed by atoms with Gasteiger partial charge < -0.3 is 10.2 Å². The highest BCUT2D eigenvalue weighted by Gasteiger charge is 2.52. The molecule has 18 heavy (non-hydrogen) atoms. The molecule has 1 saturated carbocycles. The first-order valence-corrected chi connectivity index (χ1v) is 7.05. The molecule has 0 spiro atoms. The number of amides is 1. The molecule has 4 heteroatoms. The van der Waals surface area contributed by atoms with Crippen LogP contribution in [0.4, 0.5) is 0 Å². The molecule has 1 aliphatic carbocycles. The Bertz CT molecular complexity index is 348. The van der Waals surface area contributed by atoms with E-state index >= 15 is 0 Å². The molecule has 0 aromatic heterocycles. The molecule has 102 valence electrons. The molecule has 0 aromatic rings. The van der Waals surface area contributed by atoms with Crippen molar-refractivity contribution in [3.8, 4) is 0 Å². The van der Waals surface area contributed by atoms with Crippen molar-refractivity contribution in [2.45, 2.75) is 57.5 Å². The molecule has 1 heterocycles. The van der Waals surface area contributed by atoms with Gasteiger partial charge in [-0.1, -0.05) is 13.8 Å². The zero-order valence-electron chi connectivity index (χ0n) is 11.7. The Morgan fingerprint density at radius 2 is 1.94 bits per heavy atom. The molecular formula is C14H24N2O2. The number of Topliss-reactive ketones (excluding diaryl/α,β-unsaturated/α-hetero) is 1. The van der Waals surface area contributed by atoms with Crippen LogP contribution in [-0.4, -0.2) is 41.8 Å². The Morgan fingerprint density at radius 3 is 2.44 bits per heavy atom. The number of hydrogen-bond acceptors (Lipinski definition) is 3. The Morgan fingerprint density at radius 1 is 1.28 bits per heavy atom. The van der Waals surface area contributed by atoms with Crippen molar-refractivity contribution in [2.75, 3.05) is 13.6 Å². The van der Waals surface area contributed by atoms with Crippen molar-refractivity contribution in [3.05, 3.63) is 0 Å². The average Bonchev–Trinajstić information content (AvgIpc) is 3.18. The maximum atomic E-state index is 12.3. The normalized spacial score (nSPS) is 26.2. The molecule has 1 amide bonds. The van der Waals surface area contributed by atoms with E-state index in [1.807, 2.05) is 11.9 Å². The van der Waals surface area contributed by atoms with Gasteiger partial charge in [0.15, 0.2) is 0 Å². The van der Waals surface area contributed by atoms with Crippen LogP contribution < -0.4 is 5.32 Å². The summed E-state index contributed by atoms with van der Waals surface area (Å²) in [6, 6.07) is 0.214. The predicted octanol–water partition coefficient (Wildman–Crippen LogP) is 1.34. The summed E-state index contributed by atoms with van der Waals surface area (Å²) in [5.74, 6) is -0.713. The minimum Gasteiger partial charge on any atom is -0.331 e. The molecule has 1 atom stereocenters. The van der Waals surface area contributed by atoms with Crippen LogP contribution in [0.5, 0.6) is 0 Å². The fourth-order valence-electron chi connectivity index (χ4n) is 3.02. The van der Waals surface area contributed by atoms with Gasteiger partial charge in [-0.25, -0.2) is 0 Å². The van der Waals surface area contributed by atoms with E-state index in [9.17, 15) is 9.59 Å². The second-order valence-electron chi connectivity index (χ2n) is 5.94. The van der Waals surface area contributed by atoms with Crippen molar-refractivity contribution in [1.82, 2.24) is 10.2 Å². The molecule has 1 saturated heterocycles. The third kappa shape index (κ3) is 2.30. The van der Waals surface area contributed by atoms with Crippen molar-refractivity contribution in [3.63, 3.8) is 0 Å². The van der Waals surface area contributed by atoms with E-state index in [-0.39, 0.29) is 29.2 Å². The summed E-state index contributed by atoms with van der Waals surface area (Å²) in [7, 11) is 1.97. The highest BCUT2D eigenvalue weighted by atomic mass is 16.2. The van der Waals surface area contributed by atoms with Crippen molar-refractivity contribution >= 4 is 11.7 Å². The van der Waals surface area contributed by atoms with Gasteiger partial charge in [0, 0.05) is 18.0 Å². The minimum absolute atomic E-state index is 0.0906. The van der Waals surface area contributed by atoms with E-state index in [1.54, 1.807) is 13.8 Å². The molecule has 1 unspecified atom stereocenters. The molecule has 1 N–H and O–H groups in total. The Balaban J connectivity index is 2.13. The number of nitrogens with zero attached hydrogens (tertiary/aromatic N) is 1. The molecule has 2 rings (SSSR count). The lowest BCUT2D eigenvalue weighted by molar-refractivity contribution is -0.149. The number of carbonyl (C=O) groups excluding carboxylic acids is 2. The maximum Gasteiger partial charge on any atom is 0.290 e. The lowest BCUT2D eigenvalue weighted by atomic mass is 9.92. The first-order chi connectivity index (χ1) is 8.52. The van der Waals surface area contributed by atoms with Gasteiger partial charge in [-0.15, -0.1) is 0 Å². The van der Waals surface area contributed by atoms with Gasteiger partial charge in [0.1, 0.15) is 0 Å². The average molecular weight is 252 g/mol. The largest absolute Gasteiger partial charge is 0.331 e. The third-order valence-electron chi connectivity index (χ3n) is 4.42. The Kier molecular flexibility index (Phi) is 3.76. The maximum absolute atomic E-state index is 12.3. The van der Waals surface area contributed by atoms with Gasteiger partial charge in [-0.05, 0) is 39.2 Å². The summed E-state index contributed by atoms with van der Waals surface area (Å²) in [6.07, 6.45) is 5.45. The monoisotopic (exact) mass is 252 g/mol. The third-order valence-corrected chi connectivity index (χ3v) is 4.42. The minimum atomic E-state index is -0.267. The van der Waals surface area contributed by atoms with Crippen LogP contribution in [-0.2, 0) is 9.59 Å². The number of piperidine rings is 1. The van der Waals surface area contributed by atoms with Crippen molar-refractivity contribution < 1.29 is 9.59 Å². The number of hydrogen-bond donors (Lipinski definition) is 1. The van der Waals surface area contributed by atoms with E-state index in [0.717, 1.165) is 38.6 Å². The first-order valence-electron chi connectivity index (χ1n) is 7.05. The molecule has 2 aliphatic rings. The summed E-state index contributed by atoms with van der Waals surface area (Å²) >= 11 is 0. The predicted molar refractivity (Wildman–Crippen MR) is 70.2 cm³/mol. The van der Waals surface area contributed by atoms with Crippen LogP contribution in [0.25, 0.3) is 0 Å². The molecular weight excluding hydrogens is 228 g/mol. The highest BCUT2D eigenvalue weighted by Crippen LogP contribution is 2.43. The van der Waals surface area contributed by atoms with E-state index < -0.39 is 0 Å². The smallest absolute Gasteiger partial charge is 0.290 e. The van der Waals surface area contributed by atoms with Crippen LogP contribution in [0.1, 0.15) is 46.0 Å². The van der Waals surface area contributed by atoms with Gasteiger partial charge in [0.2, 0.25) is 5.78 Å². The molecule has 0 bridgehead atoms. The van der Waals surface area contributed by atoms with E-state index in [4.69, 9.17) is 0 Å². The van der Waals surface area contributed by atoms with Gasteiger partial charge in [0.25, 0.3) is 5.91 Å². The van der Waals surface area contributed by atoms with Crippen molar-refractivity contribution in [2.24, 2.45) is 5.92 Å². The summed E-state index contributed by atoms with van der Waals surface area (Å²) in [4.78, 5) is 26.0. The topological polar surface area (TPSA) is 49.4 Å². The van der Waals surface area contributed by atoms with E-state index in [0.29, 0.717) is 0 Å². The number of nitrogens with one attached hydrogen (secondary N) is 1.